The molecule has 0 radical (unpaired) electrons. The third-order valence-corrected chi connectivity index (χ3v) is 2.14. The van der Waals surface area contributed by atoms with E-state index < -0.39 is 24.4 Å². The van der Waals surface area contributed by atoms with Crippen LogP contribution in [0.4, 0.5) is 9.59 Å². The van der Waals surface area contributed by atoms with Gasteiger partial charge in [-0.05, 0) is 11.8 Å². The average Bonchev–Trinajstić information content (AvgIpc) is 2.09. The summed E-state index contributed by atoms with van der Waals surface area (Å²) in [6.45, 7) is 7.36. The molecule has 2 atom stereocenters. The van der Waals surface area contributed by atoms with Gasteiger partial charge in [-0.25, -0.2) is 9.59 Å². The molecule has 2 amide bonds. The van der Waals surface area contributed by atoms with E-state index in [1.165, 1.54) is 0 Å². The lowest BCUT2D eigenvalue weighted by Crippen LogP contribution is -2.44. The van der Waals surface area contributed by atoms with Gasteiger partial charge >= 0.3 is 12.2 Å². The maximum Gasteiger partial charge on any atom is 0.404 e. The van der Waals surface area contributed by atoms with Crippen LogP contribution < -0.4 is 11.5 Å². The largest absolute Gasteiger partial charge is 0.442 e. The van der Waals surface area contributed by atoms with E-state index in [9.17, 15) is 9.59 Å². The van der Waals surface area contributed by atoms with E-state index in [0.29, 0.717) is 0 Å². The number of ether oxygens (including phenoxy) is 2. The number of primary amides is 2. The van der Waals surface area contributed by atoms with Gasteiger partial charge in [-0.15, -0.1) is 0 Å². The SMILES string of the molecule is CC(C)C(OC(N)=O)C(OC(N)=O)C(C)C. The molecule has 16 heavy (non-hydrogen) atoms. The van der Waals surface area contributed by atoms with Crippen LogP contribution in [0.5, 0.6) is 0 Å². The van der Waals surface area contributed by atoms with Crippen LogP contribution in [0.1, 0.15) is 27.7 Å². The molecule has 0 rings (SSSR count). The van der Waals surface area contributed by atoms with E-state index in [1.54, 1.807) is 0 Å². The fraction of sp³-hybridized carbons (Fsp3) is 0.800. The summed E-state index contributed by atoms with van der Waals surface area (Å²) >= 11 is 0. The molecule has 4 N–H and O–H groups in total. The molecule has 6 heteroatoms. The van der Waals surface area contributed by atoms with E-state index in [1.807, 2.05) is 27.7 Å². The molecule has 0 aromatic rings. The van der Waals surface area contributed by atoms with Gasteiger partial charge in [0, 0.05) is 0 Å². The first-order valence-electron chi connectivity index (χ1n) is 5.17. The van der Waals surface area contributed by atoms with Crippen LogP contribution in [0.15, 0.2) is 0 Å². The first-order valence-corrected chi connectivity index (χ1v) is 5.17. The Morgan fingerprint density at radius 1 is 0.812 bits per heavy atom. The van der Waals surface area contributed by atoms with Gasteiger partial charge in [-0.2, -0.15) is 0 Å². The molecule has 2 unspecified atom stereocenters. The normalized spacial score (nSPS) is 14.6. The van der Waals surface area contributed by atoms with Crippen molar-refractivity contribution in [1.82, 2.24) is 0 Å². The Hall–Kier alpha value is -1.46. The fourth-order valence-electron chi connectivity index (χ4n) is 1.43. The summed E-state index contributed by atoms with van der Waals surface area (Å²) < 4.78 is 9.88. The predicted molar refractivity (Wildman–Crippen MR) is 58.6 cm³/mol. The number of nitrogens with two attached hydrogens (primary N) is 2. The molecule has 0 aliphatic rings. The van der Waals surface area contributed by atoms with Gasteiger partial charge in [-0.1, -0.05) is 27.7 Å². The summed E-state index contributed by atoms with van der Waals surface area (Å²) in [6.07, 6.45) is -2.97. The number of hydrogen-bond donors (Lipinski definition) is 2. The van der Waals surface area contributed by atoms with Gasteiger partial charge in [0.1, 0.15) is 12.2 Å². The van der Waals surface area contributed by atoms with E-state index in [-0.39, 0.29) is 11.8 Å². The van der Waals surface area contributed by atoms with Crippen molar-refractivity contribution in [3.05, 3.63) is 0 Å². The lowest BCUT2D eigenvalue weighted by molar-refractivity contribution is -0.0450. The molecule has 0 fully saturated rings. The van der Waals surface area contributed by atoms with Gasteiger partial charge in [0.25, 0.3) is 0 Å². The van der Waals surface area contributed by atoms with Gasteiger partial charge in [0.05, 0.1) is 0 Å². The first kappa shape index (κ1) is 14.5. The van der Waals surface area contributed by atoms with Crippen molar-refractivity contribution in [2.24, 2.45) is 23.3 Å². The van der Waals surface area contributed by atoms with Crippen LogP contribution >= 0.6 is 0 Å². The zero-order valence-electron chi connectivity index (χ0n) is 10.1. The highest BCUT2D eigenvalue weighted by molar-refractivity contribution is 5.66. The van der Waals surface area contributed by atoms with Crippen molar-refractivity contribution < 1.29 is 19.1 Å². The van der Waals surface area contributed by atoms with Crippen LogP contribution in [-0.2, 0) is 9.47 Å². The number of carbonyl (C=O) groups is 2. The molecule has 0 aliphatic carbocycles. The second kappa shape index (κ2) is 6.19. The summed E-state index contributed by atoms with van der Waals surface area (Å²) in [4.78, 5) is 21.5. The van der Waals surface area contributed by atoms with Crippen LogP contribution in [0, 0.1) is 11.8 Å². The lowest BCUT2D eigenvalue weighted by Gasteiger charge is -2.30. The predicted octanol–water partition coefficient (Wildman–Crippen LogP) is 1.23. The van der Waals surface area contributed by atoms with Gasteiger partial charge in [-0.3, -0.25) is 0 Å². The van der Waals surface area contributed by atoms with Crippen molar-refractivity contribution in [3.63, 3.8) is 0 Å². The molecule has 0 saturated carbocycles. The van der Waals surface area contributed by atoms with Crippen molar-refractivity contribution in [2.75, 3.05) is 0 Å². The van der Waals surface area contributed by atoms with Crippen molar-refractivity contribution in [2.45, 2.75) is 39.9 Å². The zero-order chi connectivity index (χ0) is 12.9. The monoisotopic (exact) mass is 232 g/mol. The third-order valence-electron chi connectivity index (χ3n) is 2.14. The summed E-state index contributed by atoms with van der Waals surface area (Å²) in [5.74, 6) is -0.0569. The second-order valence-corrected chi connectivity index (χ2v) is 4.29. The molecule has 6 nitrogen and oxygen atoms in total. The molecule has 0 saturated heterocycles. The Labute approximate surface area is 95.3 Å². The zero-order valence-corrected chi connectivity index (χ0v) is 10.1. The van der Waals surface area contributed by atoms with E-state index in [2.05, 4.69) is 0 Å². The Bertz CT molecular complexity index is 227. The molecule has 0 heterocycles. The first-order chi connectivity index (χ1) is 7.25. The summed E-state index contributed by atoms with van der Waals surface area (Å²) in [5.41, 5.74) is 9.93. The minimum absolute atomic E-state index is 0.0285. The molecular weight excluding hydrogens is 212 g/mol. The average molecular weight is 232 g/mol. The minimum Gasteiger partial charge on any atom is -0.442 e. The quantitative estimate of drug-likeness (QED) is 0.743. The number of amides is 2. The fourth-order valence-corrected chi connectivity index (χ4v) is 1.43. The number of rotatable bonds is 5. The van der Waals surface area contributed by atoms with E-state index >= 15 is 0 Å². The maximum absolute atomic E-state index is 10.8. The highest BCUT2D eigenvalue weighted by atomic mass is 16.6. The smallest absolute Gasteiger partial charge is 0.404 e. The van der Waals surface area contributed by atoms with Crippen LogP contribution in [0.2, 0.25) is 0 Å². The molecule has 0 aliphatic heterocycles. The number of carbonyl (C=O) groups excluding carboxylic acids is 2. The van der Waals surface area contributed by atoms with Crippen LogP contribution in [0.3, 0.4) is 0 Å². The van der Waals surface area contributed by atoms with Crippen molar-refractivity contribution >= 4 is 12.2 Å². The molecule has 0 aromatic carbocycles. The van der Waals surface area contributed by atoms with Gasteiger partial charge in [0.15, 0.2) is 0 Å². The molecule has 0 aromatic heterocycles. The van der Waals surface area contributed by atoms with Gasteiger partial charge in [0.2, 0.25) is 0 Å². The molecular formula is C10H20N2O4. The van der Waals surface area contributed by atoms with Crippen LogP contribution in [-0.4, -0.2) is 24.4 Å². The summed E-state index contributed by atoms with van der Waals surface area (Å²) in [6, 6.07) is 0. The van der Waals surface area contributed by atoms with Crippen LogP contribution in [0.25, 0.3) is 0 Å². The maximum atomic E-state index is 10.8. The van der Waals surface area contributed by atoms with E-state index in [4.69, 9.17) is 20.9 Å². The van der Waals surface area contributed by atoms with E-state index in [0.717, 1.165) is 0 Å². The Morgan fingerprint density at radius 2 is 1.06 bits per heavy atom. The second-order valence-electron chi connectivity index (χ2n) is 4.29. The highest BCUT2D eigenvalue weighted by Crippen LogP contribution is 2.20. The molecule has 0 bridgehead atoms. The minimum atomic E-state index is -0.891. The highest BCUT2D eigenvalue weighted by Gasteiger charge is 2.32. The molecule has 94 valence electrons. The summed E-state index contributed by atoms with van der Waals surface area (Å²) in [7, 11) is 0. The van der Waals surface area contributed by atoms with Gasteiger partial charge < -0.3 is 20.9 Å². The number of hydrogen-bond acceptors (Lipinski definition) is 4. The Balaban J connectivity index is 4.79. The topological polar surface area (TPSA) is 105 Å². The summed E-state index contributed by atoms with van der Waals surface area (Å²) in [5, 5.41) is 0. The lowest BCUT2D eigenvalue weighted by atomic mass is 9.93. The Morgan fingerprint density at radius 3 is 1.19 bits per heavy atom. The third kappa shape index (κ3) is 4.86. The standard InChI is InChI=1S/C10H20N2O4/c1-5(2)7(15-9(11)13)8(6(3)4)16-10(12)14/h5-8H,1-4H3,(H2,11,13)(H2,12,14). The molecule has 0 spiro atoms. The van der Waals surface area contributed by atoms with Crippen molar-refractivity contribution in [1.29, 1.82) is 0 Å². The Kier molecular flexibility index (Phi) is 5.63. The van der Waals surface area contributed by atoms with Crippen molar-refractivity contribution in [3.8, 4) is 0 Å².